The molecular weight excluding hydrogens is 562 g/mol. The molecule has 0 aliphatic heterocycles. The average Bonchev–Trinajstić information content (AvgIpc) is 3.71. The third-order valence-electron chi connectivity index (χ3n) is 9.21. The van der Waals surface area contributed by atoms with E-state index in [2.05, 4.69) is 120 Å². The molecule has 10 aromatic rings. The summed E-state index contributed by atoms with van der Waals surface area (Å²) >= 11 is 0. The molecule has 0 bridgehead atoms. The molecule has 3 aromatic heterocycles. The minimum absolute atomic E-state index is 0.646. The molecule has 214 valence electrons. The molecule has 0 atom stereocenters. The van der Waals surface area contributed by atoms with Gasteiger partial charge in [0.1, 0.15) is 0 Å². The SMILES string of the molecule is c1ccc(-c2nc(-n3c4ccc5c6ccccc6ccc5c4c4c5cnn(-c6ccccc6)c5ccc43)nc3ccccc23)cc1. The van der Waals surface area contributed by atoms with Crippen LogP contribution in [0.15, 0.2) is 152 Å². The van der Waals surface area contributed by atoms with Crippen molar-refractivity contribution in [2.75, 3.05) is 0 Å². The Morgan fingerprint density at radius 1 is 0.435 bits per heavy atom. The van der Waals surface area contributed by atoms with Crippen LogP contribution in [0.25, 0.3) is 88.0 Å². The van der Waals surface area contributed by atoms with Gasteiger partial charge < -0.3 is 0 Å². The molecule has 0 N–H and O–H groups in total. The van der Waals surface area contributed by atoms with Crippen LogP contribution in [0.3, 0.4) is 0 Å². The van der Waals surface area contributed by atoms with Gasteiger partial charge in [-0.25, -0.2) is 14.6 Å². The minimum atomic E-state index is 0.646. The van der Waals surface area contributed by atoms with E-state index in [1.54, 1.807) is 0 Å². The quantitative estimate of drug-likeness (QED) is 0.193. The first-order chi connectivity index (χ1) is 22.8. The van der Waals surface area contributed by atoms with Crippen molar-refractivity contribution in [2.45, 2.75) is 0 Å². The zero-order valence-electron chi connectivity index (χ0n) is 24.7. The summed E-state index contributed by atoms with van der Waals surface area (Å²) in [5, 5.41) is 14.2. The number of hydrogen-bond acceptors (Lipinski definition) is 3. The van der Waals surface area contributed by atoms with E-state index in [0.717, 1.165) is 55.2 Å². The van der Waals surface area contributed by atoms with Gasteiger partial charge >= 0.3 is 0 Å². The standard InChI is InChI=1S/C41H25N5/c1-3-12-27(13-4-1)40-32-17-9-10-18-34(32)43-41(44-40)45-36-22-21-30-29-16-8-7-11-26(29)19-20-31(30)38(36)39-33-25-42-46(28-14-5-2-6-15-28)35(33)23-24-37(39)45/h1-25H. The molecule has 46 heavy (non-hydrogen) atoms. The fourth-order valence-corrected chi connectivity index (χ4v) is 7.17. The van der Waals surface area contributed by atoms with Gasteiger partial charge in [0.25, 0.3) is 0 Å². The van der Waals surface area contributed by atoms with Gasteiger partial charge in [0.05, 0.1) is 39.6 Å². The van der Waals surface area contributed by atoms with Gasteiger partial charge in [-0.15, -0.1) is 0 Å². The van der Waals surface area contributed by atoms with Crippen LogP contribution in [0.5, 0.6) is 0 Å². The molecule has 0 saturated heterocycles. The predicted molar refractivity (Wildman–Crippen MR) is 189 cm³/mol. The third kappa shape index (κ3) is 3.54. The van der Waals surface area contributed by atoms with E-state index >= 15 is 0 Å². The highest BCUT2D eigenvalue weighted by atomic mass is 15.3. The summed E-state index contributed by atoms with van der Waals surface area (Å²) in [6.45, 7) is 0. The molecule has 0 amide bonds. The number of fused-ring (bicyclic) bond motifs is 10. The summed E-state index contributed by atoms with van der Waals surface area (Å²) in [4.78, 5) is 10.5. The van der Waals surface area contributed by atoms with Crippen LogP contribution >= 0.6 is 0 Å². The molecule has 7 aromatic carbocycles. The van der Waals surface area contributed by atoms with Crippen LogP contribution in [0.2, 0.25) is 0 Å². The van der Waals surface area contributed by atoms with Gasteiger partial charge in [-0.1, -0.05) is 109 Å². The van der Waals surface area contributed by atoms with Crippen molar-refractivity contribution >= 4 is 65.2 Å². The summed E-state index contributed by atoms with van der Waals surface area (Å²) in [5.74, 6) is 0.646. The van der Waals surface area contributed by atoms with Crippen LogP contribution in [-0.4, -0.2) is 24.3 Å². The number of para-hydroxylation sites is 2. The average molecular weight is 588 g/mol. The van der Waals surface area contributed by atoms with Crippen molar-refractivity contribution < 1.29 is 0 Å². The first-order valence-corrected chi connectivity index (χ1v) is 15.5. The van der Waals surface area contributed by atoms with Crippen molar-refractivity contribution in [3.63, 3.8) is 0 Å². The van der Waals surface area contributed by atoms with Gasteiger partial charge in [0.15, 0.2) is 0 Å². The molecule has 0 radical (unpaired) electrons. The Morgan fingerprint density at radius 2 is 1.09 bits per heavy atom. The van der Waals surface area contributed by atoms with E-state index in [1.165, 1.54) is 26.9 Å². The lowest BCUT2D eigenvalue weighted by Crippen LogP contribution is -2.03. The number of benzene rings is 7. The van der Waals surface area contributed by atoms with E-state index in [1.807, 2.05) is 41.2 Å². The van der Waals surface area contributed by atoms with Crippen molar-refractivity contribution in [2.24, 2.45) is 0 Å². The van der Waals surface area contributed by atoms with Crippen molar-refractivity contribution in [1.82, 2.24) is 24.3 Å². The van der Waals surface area contributed by atoms with E-state index in [9.17, 15) is 0 Å². The van der Waals surface area contributed by atoms with Gasteiger partial charge in [-0.3, -0.25) is 4.57 Å². The molecule has 0 saturated carbocycles. The zero-order chi connectivity index (χ0) is 30.2. The monoisotopic (exact) mass is 587 g/mol. The lowest BCUT2D eigenvalue weighted by molar-refractivity contribution is 0.911. The summed E-state index contributed by atoms with van der Waals surface area (Å²) in [6.07, 6.45) is 2.00. The fourth-order valence-electron chi connectivity index (χ4n) is 7.17. The van der Waals surface area contributed by atoms with E-state index in [-0.39, 0.29) is 0 Å². The second kappa shape index (κ2) is 9.58. The van der Waals surface area contributed by atoms with Crippen molar-refractivity contribution in [3.05, 3.63) is 152 Å². The maximum atomic E-state index is 5.31. The highest BCUT2D eigenvalue weighted by Crippen LogP contribution is 2.42. The first-order valence-electron chi connectivity index (χ1n) is 15.5. The van der Waals surface area contributed by atoms with Gasteiger partial charge in [0, 0.05) is 27.1 Å². The molecule has 0 spiro atoms. The van der Waals surface area contributed by atoms with Crippen molar-refractivity contribution in [3.8, 4) is 22.9 Å². The largest absolute Gasteiger partial charge is 0.278 e. The Kier molecular flexibility index (Phi) is 5.22. The Hall–Kier alpha value is -6.33. The normalized spacial score (nSPS) is 11.9. The minimum Gasteiger partial charge on any atom is -0.278 e. The van der Waals surface area contributed by atoms with E-state index in [4.69, 9.17) is 15.1 Å². The number of hydrogen-bond donors (Lipinski definition) is 0. The summed E-state index contributed by atoms with van der Waals surface area (Å²) in [5.41, 5.74) is 7.08. The highest BCUT2D eigenvalue weighted by Gasteiger charge is 2.22. The molecule has 10 rings (SSSR count). The van der Waals surface area contributed by atoms with Gasteiger partial charge in [0.2, 0.25) is 5.95 Å². The predicted octanol–water partition coefficient (Wildman–Crippen LogP) is 10.0. The van der Waals surface area contributed by atoms with E-state index in [0.29, 0.717) is 5.95 Å². The smallest absolute Gasteiger partial charge is 0.235 e. The topological polar surface area (TPSA) is 48.5 Å². The Morgan fingerprint density at radius 3 is 1.93 bits per heavy atom. The van der Waals surface area contributed by atoms with Gasteiger partial charge in [-0.05, 0) is 57.9 Å². The molecule has 0 aliphatic carbocycles. The van der Waals surface area contributed by atoms with Crippen LogP contribution in [0.1, 0.15) is 0 Å². The summed E-state index contributed by atoms with van der Waals surface area (Å²) in [7, 11) is 0. The third-order valence-corrected chi connectivity index (χ3v) is 9.21. The van der Waals surface area contributed by atoms with Crippen LogP contribution in [0, 0.1) is 0 Å². The fraction of sp³-hybridized carbons (Fsp3) is 0. The number of rotatable bonds is 3. The first kappa shape index (κ1) is 25.0. The number of nitrogens with zero attached hydrogens (tertiary/aromatic N) is 5. The van der Waals surface area contributed by atoms with Crippen LogP contribution in [-0.2, 0) is 0 Å². The molecule has 0 fully saturated rings. The molecular formula is C41H25N5. The Balaban J connectivity index is 1.38. The Bertz CT molecular complexity index is 2790. The van der Waals surface area contributed by atoms with Crippen LogP contribution < -0.4 is 0 Å². The molecule has 0 aliphatic rings. The zero-order valence-corrected chi connectivity index (χ0v) is 24.7. The maximum Gasteiger partial charge on any atom is 0.235 e. The van der Waals surface area contributed by atoms with Crippen LogP contribution in [0.4, 0.5) is 0 Å². The second-order valence-electron chi connectivity index (χ2n) is 11.7. The Labute approximate surface area is 263 Å². The molecule has 3 heterocycles. The van der Waals surface area contributed by atoms with Crippen molar-refractivity contribution in [1.29, 1.82) is 0 Å². The van der Waals surface area contributed by atoms with E-state index < -0.39 is 0 Å². The lowest BCUT2D eigenvalue weighted by Gasteiger charge is -2.12. The number of aromatic nitrogens is 5. The summed E-state index contributed by atoms with van der Waals surface area (Å²) < 4.78 is 4.26. The molecule has 5 heteroatoms. The maximum absolute atomic E-state index is 5.31. The van der Waals surface area contributed by atoms with Gasteiger partial charge in [-0.2, -0.15) is 5.10 Å². The molecule has 5 nitrogen and oxygen atoms in total. The highest BCUT2D eigenvalue weighted by molar-refractivity contribution is 6.30. The molecule has 0 unspecified atom stereocenters. The second-order valence-corrected chi connectivity index (χ2v) is 11.7. The lowest BCUT2D eigenvalue weighted by atomic mass is 9.97. The summed E-state index contributed by atoms with van der Waals surface area (Å²) in [6, 6.07) is 50.9.